The van der Waals surface area contributed by atoms with Crippen LogP contribution in [0.25, 0.3) is 0 Å². The molecule has 0 bridgehead atoms. The number of nitrogens with zero attached hydrogens (tertiary/aromatic N) is 1. The first-order valence-corrected chi connectivity index (χ1v) is 8.82. The zero-order valence-corrected chi connectivity index (χ0v) is 12.6. The SMILES string of the molecule is CC1CCCCC1CNS(=O)(=O)c1ccc(C#N)s1. The first kappa shape index (κ1) is 14.5. The molecule has 1 aromatic heterocycles. The lowest BCUT2D eigenvalue weighted by atomic mass is 9.81. The molecule has 6 heteroatoms. The Labute approximate surface area is 118 Å². The Hall–Kier alpha value is -0.900. The van der Waals surface area contributed by atoms with Crippen molar-refractivity contribution in [2.45, 2.75) is 36.8 Å². The molecular formula is C13H18N2O2S2. The third-order valence-corrected chi connectivity index (χ3v) is 6.69. The molecule has 0 amide bonds. The Morgan fingerprint density at radius 3 is 2.79 bits per heavy atom. The average Bonchev–Trinajstić information content (AvgIpc) is 2.87. The van der Waals surface area contributed by atoms with E-state index in [0.29, 0.717) is 23.3 Å². The van der Waals surface area contributed by atoms with Crippen molar-refractivity contribution in [3.8, 4) is 6.07 Å². The van der Waals surface area contributed by atoms with Crippen LogP contribution >= 0.6 is 11.3 Å². The topological polar surface area (TPSA) is 70.0 Å². The molecule has 0 spiro atoms. The lowest BCUT2D eigenvalue weighted by Gasteiger charge is -2.28. The van der Waals surface area contributed by atoms with Gasteiger partial charge in [0.25, 0.3) is 0 Å². The van der Waals surface area contributed by atoms with E-state index < -0.39 is 10.0 Å². The maximum atomic E-state index is 12.1. The molecule has 2 atom stereocenters. The number of hydrogen-bond acceptors (Lipinski definition) is 4. The van der Waals surface area contributed by atoms with Crippen LogP contribution in [0.5, 0.6) is 0 Å². The van der Waals surface area contributed by atoms with Crippen molar-refractivity contribution in [3.05, 3.63) is 17.0 Å². The van der Waals surface area contributed by atoms with Crippen molar-refractivity contribution in [1.29, 1.82) is 5.26 Å². The first-order chi connectivity index (χ1) is 9.03. The standard InChI is InChI=1S/C13H18N2O2S2/c1-10-4-2-3-5-11(10)9-15-19(16,17)13-7-6-12(8-14)18-13/h6-7,10-11,15H,2-5,9H2,1H3. The third-order valence-electron chi connectivity index (χ3n) is 3.78. The van der Waals surface area contributed by atoms with E-state index >= 15 is 0 Å². The van der Waals surface area contributed by atoms with Crippen LogP contribution in [-0.2, 0) is 10.0 Å². The molecule has 0 radical (unpaired) electrons. The van der Waals surface area contributed by atoms with Crippen molar-refractivity contribution < 1.29 is 8.42 Å². The molecule has 2 unspecified atom stereocenters. The normalized spacial score (nSPS) is 24.0. The van der Waals surface area contributed by atoms with E-state index in [4.69, 9.17) is 5.26 Å². The van der Waals surface area contributed by atoms with Gasteiger partial charge in [-0.05, 0) is 30.4 Å². The summed E-state index contributed by atoms with van der Waals surface area (Å²) in [5.74, 6) is 1.01. The van der Waals surface area contributed by atoms with E-state index in [-0.39, 0.29) is 4.21 Å². The fourth-order valence-corrected chi connectivity index (χ4v) is 4.75. The molecule has 0 aromatic carbocycles. The summed E-state index contributed by atoms with van der Waals surface area (Å²) in [7, 11) is -3.45. The fourth-order valence-electron chi connectivity index (χ4n) is 2.51. The highest BCUT2D eigenvalue weighted by molar-refractivity contribution is 7.91. The summed E-state index contributed by atoms with van der Waals surface area (Å²) in [6.07, 6.45) is 4.72. The minimum Gasteiger partial charge on any atom is -0.210 e. The molecule has 19 heavy (non-hydrogen) atoms. The predicted molar refractivity (Wildman–Crippen MR) is 75.3 cm³/mol. The van der Waals surface area contributed by atoms with Gasteiger partial charge in [-0.1, -0.05) is 26.2 Å². The molecule has 1 saturated carbocycles. The van der Waals surface area contributed by atoms with Gasteiger partial charge in [0.1, 0.15) is 15.2 Å². The zero-order chi connectivity index (χ0) is 13.9. The molecule has 4 nitrogen and oxygen atoms in total. The smallest absolute Gasteiger partial charge is 0.210 e. The zero-order valence-electron chi connectivity index (χ0n) is 10.9. The van der Waals surface area contributed by atoms with Crippen molar-refractivity contribution in [1.82, 2.24) is 4.72 Å². The quantitative estimate of drug-likeness (QED) is 0.929. The Bertz CT molecular complexity index is 572. The van der Waals surface area contributed by atoms with Gasteiger partial charge in [-0.2, -0.15) is 5.26 Å². The van der Waals surface area contributed by atoms with Gasteiger partial charge < -0.3 is 0 Å². The summed E-state index contributed by atoms with van der Waals surface area (Å²) in [4.78, 5) is 0.423. The number of rotatable bonds is 4. The molecule has 104 valence electrons. The van der Waals surface area contributed by atoms with Gasteiger partial charge in [0, 0.05) is 6.54 Å². The molecule has 1 heterocycles. The summed E-state index contributed by atoms with van der Waals surface area (Å²) in [5.41, 5.74) is 0. The van der Waals surface area contributed by atoms with Crippen LogP contribution in [0.1, 0.15) is 37.5 Å². The van der Waals surface area contributed by atoms with E-state index in [1.54, 1.807) is 6.07 Å². The lowest BCUT2D eigenvalue weighted by molar-refractivity contribution is 0.257. The van der Waals surface area contributed by atoms with Crippen molar-refractivity contribution in [2.24, 2.45) is 11.8 Å². The van der Waals surface area contributed by atoms with Gasteiger partial charge >= 0.3 is 0 Å². The summed E-state index contributed by atoms with van der Waals surface area (Å²) in [5, 5.41) is 8.73. The molecule has 0 saturated heterocycles. The Morgan fingerprint density at radius 2 is 2.16 bits per heavy atom. The minimum atomic E-state index is -3.45. The maximum absolute atomic E-state index is 12.1. The summed E-state index contributed by atoms with van der Waals surface area (Å²) in [6.45, 7) is 2.69. The van der Waals surface area contributed by atoms with Crippen molar-refractivity contribution in [2.75, 3.05) is 6.54 Å². The Kier molecular flexibility index (Phi) is 4.61. The second kappa shape index (κ2) is 6.04. The largest absolute Gasteiger partial charge is 0.250 e. The van der Waals surface area contributed by atoms with Crippen LogP contribution in [0.4, 0.5) is 0 Å². The molecule has 2 rings (SSSR count). The first-order valence-electron chi connectivity index (χ1n) is 6.52. The van der Waals surface area contributed by atoms with Gasteiger partial charge in [-0.3, -0.25) is 0 Å². The molecule has 1 aromatic rings. The summed E-state index contributed by atoms with van der Waals surface area (Å²) in [6, 6.07) is 5.00. The molecule has 1 fully saturated rings. The predicted octanol–water partition coefficient (Wildman–Crippen LogP) is 2.72. The number of nitriles is 1. The lowest BCUT2D eigenvalue weighted by Crippen LogP contribution is -2.33. The van der Waals surface area contributed by atoms with Gasteiger partial charge in [0.2, 0.25) is 10.0 Å². The van der Waals surface area contributed by atoms with Crippen LogP contribution in [0.2, 0.25) is 0 Å². The van der Waals surface area contributed by atoms with Crippen LogP contribution in [0, 0.1) is 23.2 Å². The number of hydrogen-bond donors (Lipinski definition) is 1. The van der Waals surface area contributed by atoms with Crippen LogP contribution in [0.15, 0.2) is 16.3 Å². The second-order valence-electron chi connectivity index (χ2n) is 5.10. The Balaban J connectivity index is 1.99. The van der Waals surface area contributed by atoms with Gasteiger partial charge in [0.05, 0.1) is 0 Å². The highest BCUT2D eigenvalue weighted by Crippen LogP contribution is 2.29. The van der Waals surface area contributed by atoms with E-state index in [0.717, 1.165) is 17.8 Å². The third kappa shape index (κ3) is 3.56. The maximum Gasteiger partial charge on any atom is 0.250 e. The molecule has 1 N–H and O–H groups in total. The molecule has 1 aliphatic rings. The van der Waals surface area contributed by atoms with E-state index in [9.17, 15) is 8.42 Å². The van der Waals surface area contributed by atoms with Crippen LogP contribution in [0.3, 0.4) is 0 Å². The molecule has 0 aliphatic heterocycles. The van der Waals surface area contributed by atoms with Crippen molar-refractivity contribution in [3.63, 3.8) is 0 Å². The molecular weight excluding hydrogens is 280 g/mol. The summed E-state index contributed by atoms with van der Waals surface area (Å²) >= 11 is 1.02. The summed E-state index contributed by atoms with van der Waals surface area (Å²) < 4.78 is 27.1. The monoisotopic (exact) mass is 298 g/mol. The highest BCUT2D eigenvalue weighted by Gasteiger charge is 2.24. The average molecular weight is 298 g/mol. The van der Waals surface area contributed by atoms with E-state index in [1.165, 1.54) is 25.3 Å². The highest BCUT2D eigenvalue weighted by atomic mass is 32.2. The fraction of sp³-hybridized carbons (Fsp3) is 0.615. The van der Waals surface area contributed by atoms with Gasteiger partial charge in [-0.25, -0.2) is 13.1 Å². The van der Waals surface area contributed by atoms with E-state index in [2.05, 4.69) is 11.6 Å². The molecule has 1 aliphatic carbocycles. The van der Waals surface area contributed by atoms with Gasteiger partial charge in [0.15, 0.2) is 0 Å². The minimum absolute atomic E-state index is 0.229. The van der Waals surface area contributed by atoms with Crippen LogP contribution < -0.4 is 4.72 Å². The number of nitrogens with one attached hydrogen (secondary N) is 1. The van der Waals surface area contributed by atoms with Crippen molar-refractivity contribution >= 4 is 21.4 Å². The Morgan fingerprint density at radius 1 is 1.42 bits per heavy atom. The van der Waals surface area contributed by atoms with Gasteiger partial charge in [-0.15, -0.1) is 11.3 Å². The second-order valence-corrected chi connectivity index (χ2v) is 8.18. The number of sulfonamides is 1. The number of thiophene rings is 1. The van der Waals surface area contributed by atoms with E-state index in [1.807, 2.05) is 6.07 Å². The van der Waals surface area contributed by atoms with Crippen LogP contribution in [-0.4, -0.2) is 15.0 Å².